The Labute approximate surface area is 165 Å². The summed E-state index contributed by atoms with van der Waals surface area (Å²) in [7, 11) is 0. The minimum Gasteiger partial charge on any atom is -0.457 e. The number of carbonyl (C=O) groups excluding carboxylic acids is 1. The summed E-state index contributed by atoms with van der Waals surface area (Å²) in [6.45, 7) is 5.94. The molecule has 1 atom stereocenters. The predicted molar refractivity (Wildman–Crippen MR) is 110 cm³/mol. The summed E-state index contributed by atoms with van der Waals surface area (Å²) in [5.41, 5.74) is 1.83. The fourth-order valence-corrected chi connectivity index (χ4v) is 2.81. The van der Waals surface area contributed by atoms with Gasteiger partial charge in [-0.05, 0) is 54.4 Å². The molecule has 28 heavy (non-hydrogen) atoms. The van der Waals surface area contributed by atoms with Crippen LogP contribution in [-0.2, 0) is 0 Å². The molecule has 0 radical (unpaired) electrons. The molecule has 0 fully saturated rings. The summed E-state index contributed by atoms with van der Waals surface area (Å²) in [4.78, 5) is 16.6. The zero-order valence-corrected chi connectivity index (χ0v) is 16.4. The van der Waals surface area contributed by atoms with Gasteiger partial charge < -0.3 is 9.84 Å². The van der Waals surface area contributed by atoms with E-state index in [0.717, 1.165) is 17.5 Å². The van der Waals surface area contributed by atoms with Crippen molar-refractivity contribution >= 4 is 5.78 Å². The zero-order valence-electron chi connectivity index (χ0n) is 16.4. The molecule has 0 aliphatic rings. The van der Waals surface area contributed by atoms with Crippen LogP contribution in [0.4, 0.5) is 0 Å². The average Bonchev–Trinajstić information content (AvgIpc) is 2.74. The summed E-state index contributed by atoms with van der Waals surface area (Å²) in [5, 5.41) is 10.4. The van der Waals surface area contributed by atoms with E-state index in [9.17, 15) is 9.90 Å². The maximum atomic E-state index is 12.5. The first-order chi connectivity index (χ1) is 13.4. The number of hydrogen-bond acceptors (Lipinski definition) is 4. The van der Waals surface area contributed by atoms with E-state index in [4.69, 9.17) is 4.74 Å². The number of aliphatic hydroxyl groups excluding tert-OH is 1. The first kappa shape index (κ1) is 19.8. The Bertz CT molecular complexity index is 916. The van der Waals surface area contributed by atoms with Gasteiger partial charge in [-0.2, -0.15) is 0 Å². The van der Waals surface area contributed by atoms with Crippen LogP contribution in [0.25, 0.3) is 0 Å². The summed E-state index contributed by atoms with van der Waals surface area (Å²) in [6, 6.07) is 18.1. The summed E-state index contributed by atoms with van der Waals surface area (Å²) in [5.74, 6) is 1.46. The van der Waals surface area contributed by atoms with Gasteiger partial charge in [0, 0.05) is 28.9 Å². The Balaban J connectivity index is 1.68. The summed E-state index contributed by atoms with van der Waals surface area (Å²) >= 11 is 0. The van der Waals surface area contributed by atoms with Gasteiger partial charge >= 0.3 is 0 Å². The monoisotopic (exact) mass is 375 g/mol. The smallest absolute Gasteiger partial charge is 0.168 e. The van der Waals surface area contributed by atoms with Crippen LogP contribution >= 0.6 is 0 Å². The molecule has 0 aliphatic carbocycles. The van der Waals surface area contributed by atoms with Crippen LogP contribution in [0, 0.1) is 5.41 Å². The minimum absolute atomic E-state index is 0.135. The van der Waals surface area contributed by atoms with Crippen molar-refractivity contribution in [3.63, 3.8) is 0 Å². The lowest BCUT2D eigenvalue weighted by atomic mass is 9.82. The maximum Gasteiger partial charge on any atom is 0.168 e. The Morgan fingerprint density at radius 3 is 2.14 bits per heavy atom. The van der Waals surface area contributed by atoms with E-state index in [2.05, 4.69) is 4.98 Å². The highest BCUT2D eigenvalue weighted by molar-refractivity contribution is 6.00. The fraction of sp³-hybridized carbons (Fsp3) is 0.250. The first-order valence-corrected chi connectivity index (χ1v) is 9.41. The molecular weight excluding hydrogens is 350 g/mol. The molecule has 3 aromatic rings. The maximum absolute atomic E-state index is 12.5. The van der Waals surface area contributed by atoms with Gasteiger partial charge in [0.05, 0.1) is 0 Å². The van der Waals surface area contributed by atoms with Crippen LogP contribution in [0.1, 0.15) is 54.8 Å². The van der Waals surface area contributed by atoms with Crippen molar-refractivity contribution in [1.29, 1.82) is 0 Å². The van der Waals surface area contributed by atoms with E-state index in [-0.39, 0.29) is 11.2 Å². The lowest BCUT2D eigenvalue weighted by molar-refractivity contribution is 0.0833. The molecule has 0 amide bonds. The van der Waals surface area contributed by atoms with Crippen LogP contribution in [-0.4, -0.2) is 15.9 Å². The van der Waals surface area contributed by atoms with Gasteiger partial charge in [-0.3, -0.25) is 9.78 Å². The number of carbonyl (C=O) groups is 1. The van der Waals surface area contributed by atoms with Crippen LogP contribution in [0.3, 0.4) is 0 Å². The predicted octanol–water partition coefficient (Wildman–Crippen LogP) is 5.57. The van der Waals surface area contributed by atoms with Crippen LogP contribution in [0.15, 0.2) is 73.1 Å². The second-order valence-corrected chi connectivity index (χ2v) is 7.45. The highest BCUT2D eigenvalue weighted by atomic mass is 16.5. The number of pyridine rings is 1. The molecule has 2 aromatic carbocycles. The average molecular weight is 375 g/mol. The molecule has 144 valence electrons. The van der Waals surface area contributed by atoms with Crippen molar-refractivity contribution in [2.75, 3.05) is 0 Å². The second kappa shape index (κ2) is 8.36. The Morgan fingerprint density at radius 1 is 1.00 bits per heavy atom. The Morgan fingerprint density at radius 2 is 1.61 bits per heavy atom. The molecule has 1 unspecified atom stereocenters. The number of benzene rings is 2. The largest absolute Gasteiger partial charge is 0.457 e. The Kier molecular flexibility index (Phi) is 5.90. The fourth-order valence-electron chi connectivity index (χ4n) is 2.81. The second-order valence-electron chi connectivity index (χ2n) is 7.45. The van der Waals surface area contributed by atoms with Crippen LogP contribution in [0.2, 0.25) is 0 Å². The molecule has 0 saturated heterocycles. The van der Waals surface area contributed by atoms with Gasteiger partial charge in [0.2, 0.25) is 0 Å². The molecule has 1 aromatic heterocycles. The molecule has 0 saturated carbocycles. The van der Waals surface area contributed by atoms with Gasteiger partial charge in [0.1, 0.15) is 17.6 Å². The standard InChI is InChI=1S/C24H25NO3/c1-4-24(2,3)23(27)18-9-13-21(14-10-18)28-20-11-7-17(8-12-20)22(26)19-6-5-15-25-16-19/h5-16,22,26H,4H2,1-3H3. The quantitative estimate of drug-likeness (QED) is 0.548. The molecular formula is C24H25NO3. The molecule has 4 heteroatoms. The number of aliphatic hydroxyl groups is 1. The molecule has 1 N–H and O–H groups in total. The summed E-state index contributed by atoms with van der Waals surface area (Å²) < 4.78 is 5.86. The van der Waals surface area contributed by atoms with E-state index in [1.54, 1.807) is 42.7 Å². The van der Waals surface area contributed by atoms with E-state index in [0.29, 0.717) is 17.1 Å². The molecule has 1 heterocycles. The number of ether oxygens (including phenoxy) is 1. The molecule has 0 spiro atoms. The van der Waals surface area contributed by atoms with Crippen molar-refractivity contribution in [3.05, 3.63) is 89.7 Å². The number of nitrogens with zero attached hydrogens (tertiary/aromatic N) is 1. The van der Waals surface area contributed by atoms with Gasteiger partial charge in [-0.1, -0.05) is 39.0 Å². The molecule has 3 rings (SSSR count). The minimum atomic E-state index is -0.727. The number of hydrogen-bond donors (Lipinski definition) is 1. The van der Waals surface area contributed by atoms with Gasteiger partial charge in [-0.25, -0.2) is 0 Å². The van der Waals surface area contributed by atoms with Crippen molar-refractivity contribution in [1.82, 2.24) is 4.98 Å². The zero-order chi connectivity index (χ0) is 20.1. The van der Waals surface area contributed by atoms with Crippen molar-refractivity contribution in [2.45, 2.75) is 33.3 Å². The van der Waals surface area contributed by atoms with Gasteiger partial charge in [-0.15, -0.1) is 0 Å². The topological polar surface area (TPSA) is 59.4 Å². The third-order valence-electron chi connectivity index (χ3n) is 5.05. The van der Waals surface area contributed by atoms with Crippen molar-refractivity contribution in [2.24, 2.45) is 5.41 Å². The number of Topliss-reactive ketones (excluding diaryl/α,β-unsaturated/α-hetero) is 1. The van der Waals surface area contributed by atoms with E-state index in [1.165, 1.54) is 0 Å². The third-order valence-corrected chi connectivity index (χ3v) is 5.05. The van der Waals surface area contributed by atoms with Crippen molar-refractivity contribution < 1.29 is 14.6 Å². The lowest BCUT2D eigenvalue weighted by Gasteiger charge is -2.20. The molecule has 0 aliphatic heterocycles. The van der Waals surface area contributed by atoms with Crippen LogP contribution in [0.5, 0.6) is 11.5 Å². The first-order valence-electron chi connectivity index (χ1n) is 9.41. The molecule has 4 nitrogen and oxygen atoms in total. The Hall–Kier alpha value is -2.98. The molecule has 0 bridgehead atoms. The third kappa shape index (κ3) is 4.46. The van der Waals surface area contributed by atoms with E-state index >= 15 is 0 Å². The SMILES string of the molecule is CCC(C)(C)C(=O)c1ccc(Oc2ccc(C(O)c3cccnc3)cc2)cc1. The number of aromatic nitrogens is 1. The van der Waals surface area contributed by atoms with E-state index in [1.807, 2.05) is 51.1 Å². The van der Waals surface area contributed by atoms with Gasteiger partial charge in [0.25, 0.3) is 0 Å². The highest BCUT2D eigenvalue weighted by Crippen LogP contribution is 2.29. The van der Waals surface area contributed by atoms with E-state index < -0.39 is 6.10 Å². The van der Waals surface area contributed by atoms with Crippen molar-refractivity contribution in [3.8, 4) is 11.5 Å². The highest BCUT2D eigenvalue weighted by Gasteiger charge is 2.26. The summed E-state index contributed by atoms with van der Waals surface area (Å²) in [6.07, 6.45) is 3.39. The van der Waals surface area contributed by atoms with Crippen LogP contribution < -0.4 is 4.74 Å². The lowest BCUT2D eigenvalue weighted by Crippen LogP contribution is -2.23. The number of rotatable bonds is 7. The van der Waals surface area contributed by atoms with Gasteiger partial charge in [0.15, 0.2) is 5.78 Å². The normalized spacial score (nSPS) is 12.4. The number of ketones is 1.